The van der Waals surface area contributed by atoms with Gasteiger partial charge in [-0.1, -0.05) is 49.9 Å². The van der Waals surface area contributed by atoms with Crippen LogP contribution in [-0.2, 0) is 11.3 Å². The van der Waals surface area contributed by atoms with Crippen molar-refractivity contribution in [3.8, 4) is 28.2 Å². The first-order valence-corrected chi connectivity index (χ1v) is 15.5. The highest BCUT2D eigenvalue weighted by Gasteiger charge is 2.31. The van der Waals surface area contributed by atoms with Gasteiger partial charge in [0.2, 0.25) is 5.91 Å². The van der Waals surface area contributed by atoms with Crippen LogP contribution in [0.2, 0.25) is 0 Å². The molecule has 0 spiro atoms. The Morgan fingerprint density at radius 1 is 1.09 bits per heavy atom. The summed E-state index contributed by atoms with van der Waals surface area (Å²) in [7, 11) is 0. The minimum Gasteiger partial charge on any atom is -0.381 e. The quantitative estimate of drug-likeness (QED) is 0.282. The SMILES string of the molecule is C=CC(=O)N1CCN(c2nc(=O)n3c4nc(c(F)cc24)-c2c(F)cccc2-c2cn(nn2)CCNc2cccc(C(C)C)c2-3)[C@@H](C)C1. The van der Waals surface area contributed by atoms with E-state index in [0.717, 1.165) is 5.56 Å². The highest BCUT2D eigenvalue weighted by Crippen LogP contribution is 2.38. The van der Waals surface area contributed by atoms with E-state index in [4.69, 9.17) is 4.98 Å². The van der Waals surface area contributed by atoms with Crippen molar-refractivity contribution >= 4 is 28.4 Å². The lowest BCUT2D eigenvalue weighted by molar-refractivity contribution is -0.126. The van der Waals surface area contributed by atoms with Gasteiger partial charge in [-0.3, -0.25) is 9.48 Å². The molecule has 5 aromatic rings. The van der Waals surface area contributed by atoms with Crippen LogP contribution in [0.1, 0.15) is 32.3 Å². The molecular weight excluding hydrogens is 604 g/mol. The zero-order chi connectivity index (χ0) is 33.0. The van der Waals surface area contributed by atoms with Gasteiger partial charge >= 0.3 is 5.69 Å². The van der Waals surface area contributed by atoms with Gasteiger partial charge in [0.05, 0.1) is 29.5 Å². The Morgan fingerprint density at radius 2 is 1.89 bits per heavy atom. The van der Waals surface area contributed by atoms with E-state index in [-0.39, 0.29) is 46.0 Å². The molecule has 4 bridgehead atoms. The first kappa shape index (κ1) is 30.2. The third kappa shape index (κ3) is 5.11. The van der Waals surface area contributed by atoms with Crippen molar-refractivity contribution in [3.05, 3.63) is 89.0 Å². The third-order valence-corrected chi connectivity index (χ3v) is 8.82. The van der Waals surface area contributed by atoms with E-state index in [1.165, 1.54) is 28.8 Å². The number of carbonyl (C=O) groups is 1. The molecule has 1 atom stereocenters. The second-order valence-electron chi connectivity index (χ2n) is 12.1. The Morgan fingerprint density at radius 3 is 2.66 bits per heavy atom. The monoisotopic (exact) mass is 637 g/mol. The van der Waals surface area contributed by atoms with Crippen LogP contribution in [0, 0.1) is 11.6 Å². The zero-order valence-electron chi connectivity index (χ0n) is 26.2. The van der Waals surface area contributed by atoms with Crippen LogP contribution in [0.5, 0.6) is 0 Å². The maximum Gasteiger partial charge on any atom is 0.355 e. The molecule has 0 unspecified atom stereocenters. The number of fused-ring (bicyclic) bond motifs is 8. The van der Waals surface area contributed by atoms with Crippen LogP contribution < -0.4 is 15.9 Å². The van der Waals surface area contributed by atoms with Gasteiger partial charge in [0, 0.05) is 43.3 Å². The van der Waals surface area contributed by atoms with Gasteiger partial charge in [-0.25, -0.2) is 23.1 Å². The number of nitrogens with zero attached hydrogens (tertiary/aromatic N) is 8. The average Bonchev–Trinajstić information content (AvgIpc) is 3.52. The minimum absolute atomic E-state index is 0.0151. The van der Waals surface area contributed by atoms with Crippen molar-refractivity contribution in [3.63, 3.8) is 0 Å². The molecule has 13 heteroatoms. The lowest BCUT2D eigenvalue weighted by Crippen LogP contribution is -2.54. The smallest absolute Gasteiger partial charge is 0.355 e. The number of aromatic nitrogens is 6. The molecule has 1 N–H and O–H groups in total. The number of amides is 1. The molecule has 0 radical (unpaired) electrons. The molecule has 7 rings (SSSR count). The number of halogens is 2. The number of nitrogens with one attached hydrogen (secondary N) is 1. The molecule has 47 heavy (non-hydrogen) atoms. The molecule has 0 aliphatic carbocycles. The molecule has 1 saturated heterocycles. The van der Waals surface area contributed by atoms with Crippen LogP contribution >= 0.6 is 0 Å². The summed E-state index contributed by atoms with van der Waals surface area (Å²) in [5.41, 5.74) is 1.83. The first-order valence-electron chi connectivity index (χ1n) is 15.5. The number of pyridine rings is 1. The maximum atomic E-state index is 16.5. The van der Waals surface area contributed by atoms with E-state index >= 15 is 8.78 Å². The molecule has 11 nitrogen and oxygen atoms in total. The van der Waals surface area contributed by atoms with Crippen LogP contribution in [0.4, 0.5) is 20.3 Å². The van der Waals surface area contributed by atoms with Gasteiger partial charge in [0.25, 0.3) is 0 Å². The summed E-state index contributed by atoms with van der Waals surface area (Å²) in [5, 5.41) is 12.2. The fraction of sp³-hybridized carbons (Fsp3) is 0.294. The number of rotatable bonds is 3. The summed E-state index contributed by atoms with van der Waals surface area (Å²) in [6, 6.07) is 11.1. The Bertz CT molecular complexity index is 2120. The fourth-order valence-electron chi connectivity index (χ4n) is 6.54. The van der Waals surface area contributed by atoms with E-state index in [1.54, 1.807) is 21.8 Å². The van der Waals surface area contributed by atoms with Crippen molar-refractivity contribution in [2.45, 2.75) is 39.3 Å². The van der Waals surface area contributed by atoms with Gasteiger partial charge in [0.1, 0.15) is 23.0 Å². The van der Waals surface area contributed by atoms with Gasteiger partial charge in [-0.05, 0) is 42.7 Å². The van der Waals surface area contributed by atoms with Crippen molar-refractivity contribution in [1.82, 2.24) is 34.4 Å². The van der Waals surface area contributed by atoms with Crippen molar-refractivity contribution in [1.29, 1.82) is 0 Å². The minimum atomic E-state index is -0.791. The summed E-state index contributed by atoms with van der Waals surface area (Å²) in [6.45, 7) is 11.4. The summed E-state index contributed by atoms with van der Waals surface area (Å²) in [4.78, 5) is 39.6. The highest BCUT2D eigenvalue weighted by atomic mass is 19.1. The zero-order valence-corrected chi connectivity index (χ0v) is 26.2. The number of anilines is 2. The normalized spacial score (nSPS) is 16.1. The fourth-order valence-corrected chi connectivity index (χ4v) is 6.54. The molecular formula is C34H33F2N9O2. The molecule has 0 saturated carbocycles. The van der Waals surface area contributed by atoms with Crippen molar-refractivity contribution < 1.29 is 13.6 Å². The van der Waals surface area contributed by atoms with Crippen LogP contribution in [-0.4, -0.2) is 72.6 Å². The average molecular weight is 638 g/mol. The Labute approximate surface area is 269 Å². The van der Waals surface area contributed by atoms with E-state index in [1.807, 2.05) is 43.9 Å². The van der Waals surface area contributed by atoms with Crippen LogP contribution in [0.3, 0.4) is 0 Å². The predicted molar refractivity (Wildman–Crippen MR) is 176 cm³/mol. The second kappa shape index (κ2) is 11.7. The van der Waals surface area contributed by atoms with Crippen LogP contribution in [0.15, 0.2) is 66.1 Å². The van der Waals surface area contributed by atoms with Gasteiger partial charge in [-0.15, -0.1) is 5.10 Å². The van der Waals surface area contributed by atoms with E-state index in [0.29, 0.717) is 55.4 Å². The topological polar surface area (TPSA) is 114 Å². The Balaban J connectivity index is 1.56. The molecule has 2 aromatic carbocycles. The number of benzene rings is 2. The summed E-state index contributed by atoms with van der Waals surface area (Å²) >= 11 is 0. The third-order valence-electron chi connectivity index (χ3n) is 8.82. The number of para-hydroxylation sites is 1. The molecule has 3 aromatic heterocycles. The summed E-state index contributed by atoms with van der Waals surface area (Å²) in [6.07, 6.45) is 2.96. The van der Waals surface area contributed by atoms with Gasteiger partial charge < -0.3 is 15.1 Å². The molecule has 1 amide bonds. The lowest BCUT2D eigenvalue weighted by Gasteiger charge is -2.40. The second-order valence-corrected chi connectivity index (χ2v) is 12.1. The van der Waals surface area contributed by atoms with Gasteiger partial charge in [-0.2, -0.15) is 4.98 Å². The van der Waals surface area contributed by atoms with E-state index in [2.05, 4.69) is 27.2 Å². The highest BCUT2D eigenvalue weighted by molar-refractivity contribution is 5.93. The molecule has 2 aliphatic heterocycles. The van der Waals surface area contributed by atoms with Crippen molar-refractivity contribution in [2.24, 2.45) is 0 Å². The van der Waals surface area contributed by atoms with Crippen molar-refractivity contribution in [2.75, 3.05) is 36.4 Å². The molecule has 5 heterocycles. The maximum absolute atomic E-state index is 16.5. The van der Waals surface area contributed by atoms with E-state index < -0.39 is 17.3 Å². The van der Waals surface area contributed by atoms with Crippen LogP contribution in [0.25, 0.3) is 39.2 Å². The number of hydrogen-bond acceptors (Lipinski definition) is 8. The number of carbonyl (C=O) groups excluding carboxylic acids is 1. The largest absolute Gasteiger partial charge is 0.381 e. The van der Waals surface area contributed by atoms with E-state index in [9.17, 15) is 9.59 Å². The molecule has 2 aliphatic rings. The Hall–Kier alpha value is -5.46. The number of piperazine rings is 1. The predicted octanol–water partition coefficient (Wildman–Crippen LogP) is 4.76. The lowest BCUT2D eigenvalue weighted by atomic mass is 9.99. The Kier molecular flexibility index (Phi) is 7.53. The van der Waals surface area contributed by atoms with Gasteiger partial charge in [0.15, 0.2) is 11.5 Å². The number of hydrogen-bond donors (Lipinski definition) is 1. The molecule has 1 fully saturated rings. The first-order chi connectivity index (χ1) is 22.7. The summed E-state index contributed by atoms with van der Waals surface area (Å²) < 4.78 is 35.3. The standard InChI is InChI=1S/C34H33F2N9O2/c1-5-28(46)42-14-15-44(20(4)17-42)32-23-16-25(36)30-29-22(9-6-10-24(29)35)27-18-43(41-40-27)13-12-37-26-11-7-8-21(19(2)3)31(26)45(33(23)38-30)34(47)39-32/h5-11,16,18-20,37H,1,12-15,17H2,2-4H3/t20-/m0/s1. The molecule has 240 valence electrons. The summed E-state index contributed by atoms with van der Waals surface area (Å²) in [5.74, 6) is -1.45.